The monoisotopic (exact) mass is 303 g/mol. The van der Waals surface area contributed by atoms with Gasteiger partial charge in [-0.1, -0.05) is 11.6 Å². The number of carbonyl (C=O) groups is 1. The third kappa shape index (κ3) is 2.04. The van der Waals surface area contributed by atoms with Gasteiger partial charge in [0.15, 0.2) is 0 Å². The number of benzene rings is 1. The van der Waals surface area contributed by atoms with Crippen LogP contribution in [0.25, 0.3) is 0 Å². The van der Waals surface area contributed by atoms with E-state index in [0.29, 0.717) is 21.7 Å². The third-order valence-corrected chi connectivity index (χ3v) is 3.93. The molecule has 0 aliphatic carbocycles. The second-order valence-corrected chi connectivity index (χ2v) is 4.79. The minimum absolute atomic E-state index is 0.139. The zero-order valence-corrected chi connectivity index (χ0v) is 11.1. The van der Waals surface area contributed by atoms with Crippen LogP contribution in [0.15, 0.2) is 16.6 Å². The highest BCUT2D eigenvalue weighted by atomic mass is 79.9. The van der Waals surface area contributed by atoms with Crippen molar-refractivity contribution in [2.45, 2.75) is 12.8 Å². The minimum atomic E-state index is 0.139. The molecule has 5 heteroatoms. The van der Waals surface area contributed by atoms with Crippen LogP contribution >= 0.6 is 27.5 Å². The van der Waals surface area contributed by atoms with Crippen molar-refractivity contribution in [2.24, 2.45) is 0 Å². The summed E-state index contributed by atoms with van der Waals surface area (Å²) < 4.78 is 5.91. The Labute approximate surface area is 107 Å². The van der Waals surface area contributed by atoms with Crippen molar-refractivity contribution in [2.75, 3.05) is 18.6 Å². The van der Waals surface area contributed by atoms with E-state index in [-0.39, 0.29) is 5.91 Å². The molecular weight excluding hydrogens is 293 g/mol. The predicted molar refractivity (Wildman–Crippen MR) is 67.3 cm³/mol. The van der Waals surface area contributed by atoms with Gasteiger partial charge in [0.25, 0.3) is 0 Å². The number of hydrogen-bond donors (Lipinski definition) is 0. The Hall–Kier alpha value is -0.740. The fraction of sp³-hybridized carbons (Fsp3) is 0.364. The Bertz CT molecular complexity index is 436. The molecule has 0 N–H and O–H groups in total. The van der Waals surface area contributed by atoms with E-state index in [0.717, 1.165) is 18.7 Å². The van der Waals surface area contributed by atoms with Gasteiger partial charge in [-0.3, -0.25) is 4.79 Å². The van der Waals surface area contributed by atoms with Crippen LogP contribution in [0, 0.1) is 0 Å². The van der Waals surface area contributed by atoms with E-state index in [9.17, 15) is 4.79 Å². The molecule has 1 aliphatic heterocycles. The van der Waals surface area contributed by atoms with Gasteiger partial charge in [-0.05, 0) is 28.4 Å². The lowest BCUT2D eigenvalue weighted by Gasteiger charge is -2.17. The molecule has 1 heterocycles. The number of ether oxygens (including phenoxy) is 1. The van der Waals surface area contributed by atoms with Crippen LogP contribution in [0.4, 0.5) is 5.69 Å². The van der Waals surface area contributed by atoms with Crippen molar-refractivity contribution in [1.29, 1.82) is 0 Å². The minimum Gasteiger partial charge on any atom is -0.495 e. The maximum absolute atomic E-state index is 11.6. The molecule has 86 valence electrons. The van der Waals surface area contributed by atoms with Crippen LogP contribution in [0.5, 0.6) is 5.75 Å². The zero-order valence-electron chi connectivity index (χ0n) is 8.80. The summed E-state index contributed by atoms with van der Waals surface area (Å²) in [5, 5.41) is 0.550. The first-order valence-corrected chi connectivity index (χ1v) is 6.14. The van der Waals surface area contributed by atoms with Crippen LogP contribution in [0.2, 0.25) is 5.02 Å². The number of hydrogen-bond acceptors (Lipinski definition) is 2. The largest absolute Gasteiger partial charge is 0.495 e. The average Bonchev–Trinajstić information content (AvgIpc) is 2.68. The summed E-state index contributed by atoms with van der Waals surface area (Å²) in [4.78, 5) is 13.3. The quantitative estimate of drug-likeness (QED) is 0.839. The van der Waals surface area contributed by atoms with E-state index < -0.39 is 0 Å². The van der Waals surface area contributed by atoms with E-state index in [4.69, 9.17) is 16.3 Å². The molecule has 1 aromatic carbocycles. The number of anilines is 1. The number of carbonyl (C=O) groups excluding carboxylic acids is 1. The van der Waals surface area contributed by atoms with Gasteiger partial charge < -0.3 is 9.64 Å². The summed E-state index contributed by atoms with van der Waals surface area (Å²) in [6, 6.07) is 3.59. The van der Waals surface area contributed by atoms with Gasteiger partial charge in [0.2, 0.25) is 5.91 Å². The Morgan fingerprint density at radius 1 is 1.50 bits per heavy atom. The van der Waals surface area contributed by atoms with Gasteiger partial charge in [0, 0.05) is 24.7 Å². The molecule has 0 saturated carbocycles. The first-order valence-electron chi connectivity index (χ1n) is 4.97. The predicted octanol–water partition coefficient (Wildman–Crippen LogP) is 3.24. The highest BCUT2D eigenvalue weighted by molar-refractivity contribution is 9.10. The molecule has 0 radical (unpaired) electrons. The molecular formula is C11H11BrClNO2. The van der Waals surface area contributed by atoms with Crippen molar-refractivity contribution in [3.05, 3.63) is 21.6 Å². The lowest BCUT2D eigenvalue weighted by atomic mass is 10.2. The van der Waals surface area contributed by atoms with Gasteiger partial charge >= 0.3 is 0 Å². The molecule has 0 unspecified atom stereocenters. The van der Waals surface area contributed by atoms with E-state index in [1.165, 1.54) is 0 Å². The molecule has 0 atom stereocenters. The number of methoxy groups -OCH3 is 1. The van der Waals surface area contributed by atoms with Crippen LogP contribution in [0.3, 0.4) is 0 Å². The molecule has 2 rings (SSSR count). The van der Waals surface area contributed by atoms with E-state index in [1.807, 2.05) is 6.07 Å². The molecule has 1 fully saturated rings. The molecule has 0 spiro atoms. The molecule has 1 aromatic rings. The SMILES string of the molecule is COc1cc(N2CCCC2=O)cc(Cl)c1Br. The summed E-state index contributed by atoms with van der Waals surface area (Å²) in [5.74, 6) is 0.780. The zero-order chi connectivity index (χ0) is 11.7. The summed E-state index contributed by atoms with van der Waals surface area (Å²) in [5.41, 5.74) is 0.799. The fourth-order valence-electron chi connectivity index (χ4n) is 1.78. The standard InChI is InChI=1S/C11H11BrClNO2/c1-16-9-6-7(5-8(13)11(9)12)14-4-2-3-10(14)15/h5-6H,2-4H2,1H3. The Morgan fingerprint density at radius 3 is 2.81 bits per heavy atom. The van der Waals surface area contributed by atoms with Gasteiger partial charge in [-0.15, -0.1) is 0 Å². The molecule has 1 saturated heterocycles. The van der Waals surface area contributed by atoms with Crippen LogP contribution in [0.1, 0.15) is 12.8 Å². The maximum Gasteiger partial charge on any atom is 0.227 e. The van der Waals surface area contributed by atoms with Gasteiger partial charge in [0.1, 0.15) is 5.75 Å². The van der Waals surface area contributed by atoms with Gasteiger partial charge in [0.05, 0.1) is 16.6 Å². The number of amides is 1. The third-order valence-electron chi connectivity index (χ3n) is 2.58. The van der Waals surface area contributed by atoms with Crippen molar-refractivity contribution < 1.29 is 9.53 Å². The van der Waals surface area contributed by atoms with E-state index >= 15 is 0 Å². The average molecular weight is 305 g/mol. The number of halogens is 2. The second kappa shape index (κ2) is 4.63. The van der Waals surface area contributed by atoms with Crippen LogP contribution < -0.4 is 9.64 Å². The normalized spacial score (nSPS) is 15.7. The second-order valence-electron chi connectivity index (χ2n) is 3.59. The van der Waals surface area contributed by atoms with Crippen molar-refractivity contribution in [3.63, 3.8) is 0 Å². The summed E-state index contributed by atoms with van der Waals surface area (Å²) in [6.07, 6.45) is 1.50. The lowest BCUT2D eigenvalue weighted by Crippen LogP contribution is -2.23. The molecule has 3 nitrogen and oxygen atoms in total. The molecule has 0 bridgehead atoms. The highest BCUT2D eigenvalue weighted by Crippen LogP contribution is 2.37. The van der Waals surface area contributed by atoms with Crippen molar-refractivity contribution in [1.82, 2.24) is 0 Å². The number of nitrogens with zero attached hydrogens (tertiary/aromatic N) is 1. The number of rotatable bonds is 2. The topological polar surface area (TPSA) is 29.5 Å². The Kier molecular flexibility index (Phi) is 3.40. The van der Waals surface area contributed by atoms with E-state index in [2.05, 4.69) is 15.9 Å². The lowest BCUT2D eigenvalue weighted by molar-refractivity contribution is -0.117. The fourth-order valence-corrected chi connectivity index (χ4v) is 2.37. The first kappa shape index (κ1) is 11.7. The first-order chi connectivity index (χ1) is 7.63. The van der Waals surface area contributed by atoms with E-state index in [1.54, 1.807) is 18.1 Å². The summed E-state index contributed by atoms with van der Waals surface area (Å²) in [7, 11) is 1.58. The Balaban J connectivity index is 2.42. The summed E-state index contributed by atoms with van der Waals surface area (Å²) >= 11 is 9.40. The summed E-state index contributed by atoms with van der Waals surface area (Å²) in [6.45, 7) is 0.750. The van der Waals surface area contributed by atoms with Crippen molar-refractivity contribution in [3.8, 4) is 5.75 Å². The maximum atomic E-state index is 11.6. The highest BCUT2D eigenvalue weighted by Gasteiger charge is 2.23. The van der Waals surface area contributed by atoms with Gasteiger partial charge in [-0.25, -0.2) is 0 Å². The van der Waals surface area contributed by atoms with Crippen LogP contribution in [-0.4, -0.2) is 19.6 Å². The van der Waals surface area contributed by atoms with Gasteiger partial charge in [-0.2, -0.15) is 0 Å². The molecule has 1 aliphatic rings. The molecule has 0 aromatic heterocycles. The Morgan fingerprint density at radius 2 is 2.25 bits per heavy atom. The molecule has 16 heavy (non-hydrogen) atoms. The molecule has 1 amide bonds. The van der Waals surface area contributed by atoms with Crippen molar-refractivity contribution >= 4 is 39.1 Å². The van der Waals surface area contributed by atoms with Crippen LogP contribution in [-0.2, 0) is 4.79 Å². The smallest absolute Gasteiger partial charge is 0.227 e.